The van der Waals surface area contributed by atoms with E-state index in [4.69, 9.17) is 11.6 Å². The average Bonchev–Trinajstić information content (AvgIpc) is 2.69. The summed E-state index contributed by atoms with van der Waals surface area (Å²) in [6.07, 6.45) is -2.36. The predicted octanol–water partition coefficient (Wildman–Crippen LogP) is 2.62. The lowest BCUT2D eigenvalue weighted by Gasteiger charge is -2.20. The molecule has 0 N–H and O–H groups in total. The van der Waals surface area contributed by atoms with E-state index in [2.05, 4.69) is 0 Å². The molecule has 1 heterocycles. The fourth-order valence-corrected chi connectivity index (χ4v) is 2.14. The van der Waals surface area contributed by atoms with Crippen LogP contribution in [0.15, 0.2) is 16.8 Å². The van der Waals surface area contributed by atoms with Crippen molar-refractivity contribution in [3.63, 3.8) is 0 Å². The molecule has 1 aromatic rings. The van der Waals surface area contributed by atoms with Gasteiger partial charge < -0.3 is 4.90 Å². The smallest absolute Gasteiger partial charge is 0.255 e. The fraction of sp³-hybridized carbons (Fsp3) is 0.500. The van der Waals surface area contributed by atoms with Crippen LogP contribution in [-0.4, -0.2) is 36.2 Å². The average molecular weight is 268 g/mol. The van der Waals surface area contributed by atoms with Crippen molar-refractivity contribution in [1.29, 1.82) is 0 Å². The standard InChI is InChI=1S/C10H12ClF2NOS/c11-2-3-14(6-9(12)13)10(15)5-8-1-4-16-7-8/h1,4,7,9H,2-3,5-6H2. The molecule has 0 bridgehead atoms. The van der Waals surface area contributed by atoms with Crippen molar-refractivity contribution in [3.05, 3.63) is 22.4 Å². The summed E-state index contributed by atoms with van der Waals surface area (Å²) in [6.45, 7) is -0.384. The van der Waals surface area contributed by atoms with Crippen LogP contribution in [0.5, 0.6) is 0 Å². The lowest BCUT2D eigenvalue weighted by atomic mass is 10.2. The van der Waals surface area contributed by atoms with Gasteiger partial charge in [-0.25, -0.2) is 8.78 Å². The minimum absolute atomic E-state index is 0.160. The van der Waals surface area contributed by atoms with E-state index in [1.54, 1.807) is 0 Å². The molecular formula is C10H12ClF2NOS. The summed E-state index contributed by atoms with van der Waals surface area (Å²) in [6, 6.07) is 1.81. The topological polar surface area (TPSA) is 20.3 Å². The van der Waals surface area contributed by atoms with E-state index in [1.807, 2.05) is 16.8 Å². The van der Waals surface area contributed by atoms with Crippen LogP contribution in [0.25, 0.3) is 0 Å². The number of alkyl halides is 3. The van der Waals surface area contributed by atoms with Gasteiger partial charge in [-0.15, -0.1) is 11.6 Å². The molecule has 2 nitrogen and oxygen atoms in total. The molecule has 0 fully saturated rings. The van der Waals surface area contributed by atoms with Gasteiger partial charge in [0.1, 0.15) is 0 Å². The highest BCUT2D eigenvalue weighted by molar-refractivity contribution is 7.07. The summed E-state index contributed by atoms with van der Waals surface area (Å²) in [5.41, 5.74) is 0.851. The van der Waals surface area contributed by atoms with Crippen molar-refractivity contribution in [3.8, 4) is 0 Å². The van der Waals surface area contributed by atoms with E-state index in [9.17, 15) is 13.6 Å². The van der Waals surface area contributed by atoms with E-state index in [0.717, 1.165) is 10.5 Å². The molecule has 0 spiro atoms. The highest BCUT2D eigenvalue weighted by atomic mass is 35.5. The molecule has 0 aliphatic heterocycles. The first kappa shape index (κ1) is 13.4. The van der Waals surface area contributed by atoms with E-state index in [1.165, 1.54) is 11.3 Å². The predicted molar refractivity (Wildman–Crippen MR) is 61.3 cm³/mol. The molecule has 90 valence electrons. The maximum Gasteiger partial charge on any atom is 0.255 e. The minimum atomic E-state index is -2.52. The molecule has 0 saturated heterocycles. The van der Waals surface area contributed by atoms with Crippen LogP contribution in [0.2, 0.25) is 0 Å². The zero-order valence-electron chi connectivity index (χ0n) is 8.54. The molecule has 0 unspecified atom stereocenters. The van der Waals surface area contributed by atoms with Gasteiger partial charge in [-0.2, -0.15) is 11.3 Å². The molecule has 1 rings (SSSR count). The number of carbonyl (C=O) groups is 1. The summed E-state index contributed by atoms with van der Waals surface area (Å²) in [7, 11) is 0. The SMILES string of the molecule is O=C(Cc1ccsc1)N(CCCl)CC(F)F. The zero-order chi connectivity index (χ0) is 12.0. The zero-order valence-corrected chi connectivity index (χ0v) is 10.1. The van der Waals surface area contributed by atoms with Crippen LogP contribution in [0, 0.1) is 0 Å². The quantitative estimate of drug-likeness (QED) is 0.726. The van der Waals surface area contributed by atoms with Crippen LogP contribution in [0.1, 0.15) is 5.56 Å². The Morgan fingerprint density at radius 1 is 1.56 bits per heavy atom. The van der Waals surface area contributed by atoms with Gasteiger partial charge in [0.05, 0.1) is 13.0 Å². The number of rotatable bonds is 6. The molecule has 0 aliphatic rings. The first-order chi connectivity index (χ1) is 7.63. The number of nitrogens with zero attached hydrogens (tertiary/aromatic N) is 1. The second kappa shape index (κ2) is 6.81. The number of thiophene rings is 1. The van der Waals surface area contributed by atoms with E-state index in [-0.39, 0.29) is 24.8 Å². The second-order valence-electron chi connectivity index (χ2n) is 3.23. The maximum atomic E-state index is 12.2. The summed E-state index contributed by atoms with van der Waals surface area (Å²) in [4.78, 5) is 12.8. The van der Waals surface area contributed by atoms with Crippen LogP contribution >= 0.6 is 22.9 Å². The first-order valence-corrected chi connectivity index (χ1v) is 6.24. The fourth-order valence-electron chi connectivity index (χ4n) is 1.27. The first-order valence-electron chi connectivity index (χ1n) is 4.76. The van der Waals surface area contributed by atoms with Crippen molar-refractivity contribution in [2.75, 3.05) is 19.0 Å². The molecule has 0 saturated carbocycles. The van der Waals surface area contributed by atoms with Gasteiger partial charge in [-0.3, -0.25) is 4.79 Å². The summed E-state index contributed by atoms with van der Waals surface area (Å²) >= 11 is 6.94. The Labute approximate surface area is 102 Å². The van der Waals surface area contributed by atoms with E-state index < -0.39 is 13.0 Å². The van der Waals surface area contributed by atoms with E-state index >= 15 is 0 Å². The Kier molecular flexibility index (Phi) is 5.69. The largest absolute Gasteiger partial charge is 0.335 e. The molecule has 0 aromatic carbocycles. The van der Waals surface area contributed by atoms with Gasteiger partial charge in [-0.1, -0.05) is 0 Å². The number of hydrogen-bond acceptors (Lipinski definition) is 2. The monoisotopic (exact) mass is 267 g/mol. The molecule has 6 heteroatoms. The highest BCUT2D eigenvalue weighted by Gasteiger charge is 2.17. The van der Waals surface area contributed by atoms with Gasteiger partial charge >= 0.3 is 0 Å². The minimum Gasteiger partial charge on any atom is -0.335 e. The third kappa shape index (κ3) is 4.45. The van der Waals surface area contributed by atoms with Crippen molar-refractivity contribution in [2.45, 2.75) is 12.8 Å². The Balaban J connectivity index is 2.53. The van der Waals surface area contributed by atoms with Gasteiger partial charge in [-0.05, 0) is 22.4 Å². The number of amides is 1. The molecule has 1 aromatic heterocycles. The third-order valence-electron chi connectivity index (χ3n) is 2.00. The lowest BCUT2D eigenvalue weighted by Crippen LogP contribution is -2.37. The molecule has 0 radical (unpaired) electrons. The summed E-state index contributed by atoms with van der Waals surface area (Å²) in [5, 5.41) is 3.68. The Hall–Kier alpha value is -0.680. The number of carbonyl (C=O) groups excluding carboxylic acids is 1. The Morgan fingerprint density at radius 3 is 2.81 bits per heavy atom. The van der Waals surface area contributed by atoms with Crippen LogP contribution in [0.3, 0.4) is 0 Å². The van der Waals surface area contributed by atoms with Crippen molar-refractivity contribution in [1.82, 2.24) is 4.90 Å². The lowest BCUT2D eigenvalue weighted by molar-refractivity contribution is -0.132. The van der Waals surface area contributed by atoms with E-state index in [0.29, 0.717) is 0 Å². The van der Waals surface area contributed by atoms with Crippen LogP contribution < -0.4 is 0 Å². The van der Waals surface area contributed by atoms with Gasteiger partial charge in [0.2, 0.25) is 5.91 Å². The van der Waals surface area contributed by atoms with Crippen molar-refractivity contribution < 1.29 is 13.6 Å². The molecule has 16 heavy (non-hydrogen) atoms. The Morgan fingerprint density at radius 2 is 2.31 bits per heavy atom. The number of halogens is 3. The number of hydrogen-bond donors (Lipinski definition) is 0. The Bertz CT molecular complexity index is 319. The molecular weight excluding hydrogens is 256 g/mol. The van der Waals surface area contributed by atoms with Gasteiger partial charge in [0.25, 0.3) is 6.43 Å². The maximum absolute atomic E-state index is 12.2. The normalized spacial score (nSPS) is 10.8. The highest BCUT2D eigenvalue weighted by Crippen LogP contribution is 2.09. The second-order valence-corrected chi connectivity index (χ2v) is 4.39. The van der Waals surface area contributed by atoms with Gasteiger partial charge in [0, 0.05) is 12.4 Å². The summed E-state index contributed by atoms with van der Waals surface area (Å²) in [5.74, 6) is -0.137. The molecule has 1 amide bonds. The van der Waals surface area contributed by atoms with Crippen molar-refractivity contribution in [2.24, 2.45) is 0 Å². The van der Waals surface area contributed by atoms with Crippen LogP contribution in [-0.2, 0) is 11.2 Å². The summed E-state index contributed by atoms with van der Waals surface area (Å²) < 4.78 is 24.4. The van der Waals surface area contributed by atoms with Crippen LogP contribution in [0.4, 0.5) is 8.78 Å². The molecule has 0 atom stereocenters. The van der Waals surface area contributed by atoms with Gasteiger partial charge in [0.15, 0.2) is 0 Å². The molecule has 0 aliphatic carbocycles. The third-order valence-corrected chi connectivity index (χ3v) is 2.90. The van der Waals surface area contributed by atoms with Crippen molar-refractivity contribution >= 4 is 28.8 Å².